The summed E-state index contributed by atoms with van der Waals surface area (Å²) in [5, 5.41) is 0. The van der Waals surface area contributed by atoms with Crippen LogP contribution in [0.25, 0.3) is 0 Å². The highest BCUT2D eigenvalue weighted by molar-refractivity contribution is 6.00. The third kappa shape index (κ3) is 2.25. The number of halogens is 1. The van der Waals surface area contributed by atoms with Gasteiger partial charge in [0.25, 0.3) is 0 Å². The van der Waals surface area contributed by atoms with Crippen molar-refractivity contribution < 1.29 is 13.9 Å². The molecule has 2 rings (SSSR count). The second-order valence-corrected chi connectivity index (χ2v) is 4.85. The Morgan fingerprint density at radius 2 is 1.94 bits per heavy atom. The molecule has 2 atom stereocenters. The zero-order valence-electron chi connectivity index (χ0n) is 10.4. The Hall–Kier alpha value is -1.22. The van der Waals surface area contributed by atoms with Gasteiger partial charge in [0.1, 0.15) is 11.9 Å². The van der Waals surface area contributed by atoms with Gasteiger partial charge in [0.05, 0.1) is 0 Å². The van der Waals surface area contributed by atoms with Crippen molar-refractivity contribution in [3.8, 4) is 0 Å². The van der Waals surface area contributed by atoms with Crippen LogP contribution in [0.15, 0.2) is 12.1 Å². The SMILES string of the molecule is Cc1cc(C(=O)C2OCCC2C)cc(C)c1F. The molecule has 0 spiro atoms. The van der Waals surface area contributed by atoms with Gasteiger partial charge in [0.15, 0.2) is 5.78 Å². The predicted molar refractivity (Wildman–Crippen MR) is 63.7 cm³/mol. The number of ether oxygens (including phenoxy) is 1. The lowest BCUT2D eigenvalue weighted by molar-refractivity contribution is 0.0579. The molecule has 1 saturated heterocycles. The second kappa shape index (κ2) is 4.57. The zero-order valence-corrected chi connectivity index (χ0v) is 10.4. The van der Waals surface area contributed by atoms with Crippen LogP contribution in [0.4, 0.5) is 4.39 Å². The fourth-order valence-corrected chi connectivity index (χ4v) is 2.28. The molecule has 0 bridgehead atoms. The van der Waals surface area contributed by atoms with Crippen LogP contribution in [0.3, 0.4) is 0 Å². The Bertz CT molecular complexity index is 431. The van der Waals surface area contributed by atoms with Gasteiger partial charge in [-0.15, -0.1) is 0 Å². The van der Waals surface area contributed by atoms with Crippen molar-refractivity contribution in [3.05, 3.63) is 34.6 Å². The fourth-order valence-electron chi connectivity index (χ4n) is 2.28. The van der Waals surface area contributed by atoms with Gasteiger partial charge in [-0.1, -0.05) is 6.92 Å². The first-order valence-corrected chi connectivity index (χ1v) is 5.93. The summed E-state index contributed by atoms with van der Waals surface area (Å²) in [5.41, 5.74) is 1.58. The van der Waals surface area contributed by atoms with Crippen LogP contribution in [0.2, 0.25) is 0 Å². The lowest BCUT2D eigenvalue weighted by Crippen LogP contribution is -2.25. The van der Waals surface area contributed by atoms with Crippen molar-refractivity contribution in [2.75, 3.05) is 6.61 Å². The molecule has 0 saturated carbocycles. The van der Waals surface area contributed by atoms with Crippen LogP contribution in [-0.4, -0.2) is 18.5 Å². The Labute approximate surface area is 101 Å². The van der Waals surface area contributed by atoms with E-state index in [4.69, 9.17) is 4.74 Å². The van der Waals surface area contributed by atoms with Crippen LogP contribution in [0.1, 0.15) is 34.8 Å². The molecule has 3 heteroatoms. The molecular weight excluding hydrogens is 219 g/mol. The molecule has 0 aromatic heterocycles. The molecule has 2 nitrogen and oxygen atoms in total. The van der Waals surface area contributed by atoms with E-state index in [1.165, 1.54) is 0 Å². The molecule has 0 N–H and O–H groups in total. The van der Waals surface area contributed by atoms with Gasteiger partial charge in [0.2, 0.25) is 0 Å². The third-order valence-electron chi connectivity index (χ3n) is 3.37. The van der Waals surface area contributed by atoms with Crippen LogP contribution >= 0.6 is 0 Å². The van der Waals surface area contributed by atoms with E-state index in [0.717, 1.165) is 6.42 Å². The Morgan fingerprint density at radius 1 is 1.35 bits per heavy atom. The number of hydrogen-bond donors (Lipinski definition) is 0. The van der Waals surface area contributed by atoms with Gasteiger partial charge in [-0.2, -0.15) is 0 Å². The van der Waals surface area contributed by atoms with Crippen LogP contribution in [0, 0.1) is 25.6 Å². The molecule has 2 unspecified atom stereocenters. The zero-order chi connectivity index (χ0) is 12.6. The van der Waals surface area contributed by atoms with E-state index in [9.17, 15) is 9.18 Å². The highest BCUT2D eigenvalue weighted by Crippen LogP contribution is 2.25. The standard InChI is InChI=1S/C14H17FO2/c1-8-4-5-17-14(8)13(16)11-6-9(2)12(15)10(3)7-11/h6-8,14H,4-5H2,1-3H3. The van der Waals surface area contributed by atoms with Crippen molar-refractivity contribution in [3.63, 3.8) is 0 Å². The third-order valence-corrected chi connectivity index (χ3v) is 3.37. The number of benzene rings is 1. The van der Waals surface area contributed by atoms with E-state index in [1.807, 2.05) is 6.92 Å². The monoisotopic (exact) mass is 236 g/mol. The minimum atomic E-state index is -0.362. The molecule has 1 aromatic carbocycles. The summed E-state index contributed by atoms with van der Waals surface area (Å²) in [6.07, 6.45) is 0.550. The number of ketones is 1. The molecule has 92 valence electrons. The number of aryl methyl sites for hydroxylation is 2. The van der Waals surface area contributed by atoms with Crippen molar-refractivity contribution in [2.24, 2.45) is 5.92 Å². The molecular formula is C14H17FO2. The van der Waals surface area contributed by atoms with Gasteiger partial charge in [-0.3, -0.25) is 4.79 Å². The molecule has 1 aromatic rings. The summed E-state index contributed by atoms with van der Waals surface area (Å²) in [5.74, 6) is -0.0173. The van der Waals surface area contributed by atoms with Gasteiger partial charge < -0.3 is 4.74 Å². The molecule has 17 heavy (non-hydrogen) atoms. The molecule has 0 aliphatic carbocycles. The first kappa shape index (κ1) is 12.2. The highest BCUT2D eigenvalue weighted by atomic mass is 19.1. The minimum absolute atomic E-state index is 0.0267. The quantitative estimate of drug-likeness (QED) is 0.738. The Morgan fingerprint density at radius 3 is 2.41 bits per heavy atom. The largest absolute Gasteiger partial charge is 0.370 e. The Balaban J connectivity index is 2.31. The lowest BCUT2D eigenvalue weighted by Gasteiger charge is -2.14. The number of Topliss-reactive ketones (excluding diaryl/α,β-unsaturated/α-hetero) is 1. The van der Waals surface area contributed by atoms with Gasteiger partial charge in [-0.05, 0) is 49.4 Å². The van der Waals surface area contributed by atoms with Crippen LogP contribution < -0.4 is 0 Å². The minimum Gasteiger partial charge on any atom is -0.370 e. The molecule has 1 aliphatic heterocycles. The van der Waals surface area contributed by atoms with Crippen molar-refractivity contribution in [1.82, 2.24) is 0 Å². The molecule has 1 fully saturated rings. The lowest BCUT2D eigenvalue weighted by atomic mass is 9.94. The smallest absolute Gasteiger partial charge is 0.191 e. The summed E-state index contributed by atoms with van der Waals surface area (Å²) in [6, 6.07) is 3.22. The van der Waals surface area contributed by atoms with E-state index >= 15 is 0 Å². The van der Waals surface area contributed by atoms with Gasteiger partial charge in [0, 0.05) is 12.2 Å². The average Bonchev–Trinajstić information content (AvgIpc) is 2.70. The highest BCUT2D eigenvalue weighted by Gasteiger charge is 2.31. The van der Waals surface area contributed by atoms with E-state index in [-0.39, 0.29) is 23.6 Å². The van der Waals surface area contributed by atoms with E-state index in [2.05, 4.69) is 0 Å². The number of rotatable bonds is 2. The molecule has 1 aliphatic rings. The summed E-state index contributed by atoms with van der Waals surface area (Å²) < 4.78 is 18.9. The maximum Gasteiger partial charge on any atom is 0.191 e. The summed E-state index contributed by atoms with van der Waals surface area (Å²) in [4.78, 5) is 12.2. The normalized spacial score (nSPS) is 24.0. The van der Waals surface area contributed by atoms with Gasteiger partial charge >= 0.3 is 0 Å². The molecule has 1 heterocycles. The summed E-state index contributed by atoms with van der Waals surface area (Å²) >= 11 is 0. The summed E-state index contributed by atoms with van der Waals surface area (Å²) in [6.45, 7) is 6.01. The predicted octanol–water partition coefficient (Wildman–Crippen LogP) is 3.05. The van der Waals surface area contributed by atoms with E-state index < -0.39 is 0 Å². The topological polar surface area (TPSA) is 26.3 Å². The maximum absolute atomic E-state index is 13.5. The second-order valence-electron chi connectivity index (χ2n) is 4.85. The van der Waals surface area contributed by atoms with Crippen molar-refractivity contribution in [1.29, 1.82) is 0 Å². The molecule has 0 amide bonds. The van der Waals surface area contributed by atoms with Crippen LogP contribution in [-0.2, 0) is 4.74 Å². The average molecular weight is 236 g/mol. The van der Waals surface area contributed by atoms with E-state index in [1.54, 1.807) is 26.0 Å². The maximum atomic E-state index is 13.5. The van der Waals surface area contributed by atoms with Crippen molar-refractivity contribution in [2.45, 2.75) is 33.3 Å². The summed E-state index contributed by atoms with van der Waals surface area (Å²) in [7, 11) is 0. The number of hydrogen-bond acceptors (Lipinski definition) is 2. The van der Waals surface area contributed by atoms with Gasteiger partial charge in [-0.25, -0.2) is 4.39 Å². The van der Waals surface area contributed by atoms with E-state index in [0.29, 0.717) is 23.3 Å². The number of carbonyl (C=O) groups is 1. The van der Waals surface area contributed by atoms with Crippen molar-refractivity contribution >= 4 is 5.78 Å². The number of carbonyl (C=O) groups excluding carboxylic acids is 1. The molecule has 0 radical (unpaired) electrons. The first-order chi connectivity index (χ1) is 8.00. The first-order valence-electron chi connectivity index (χ1n) is 5.93. The fraction of sp³-hybridized carbons (Fsp3) is 0.500. The Kier molecular flexibility index (Phi) is 3.29. The van der Waals surface area contributed by atoms with Crippen LogP contribution in [0.5, 0.6) is 0 Å².